The number of urea groups is 1. The van der Waals surface area contributed by atoms with Gasteiger partial charge >= 0.3 is 6.03 Å². The minimum atomic E-state index is -0.471. The molecule has 1 aromatic rings. The van der Waals surface area contributed by atoms with Crippen LogP contribution in [0, 0.1) is 0 Å². The summed E-state index contributed by atoms with van der Waals surface area (Å²) < 4.78 is 5.72. The molecule has 0 saturated carbocycles. The minimum Gasteiger partial charge on any atom is -0.374 e. The van der Waals surface area contributed by atoms with Crippen LogP contribution < -0.4 is 16.0 Å². The molecule has 21 heavy (non-hydrogen) atoms. The van der Waals surface area contributed by atoms with Crippen LogP contribution in [0.2, 0.25) is 0 Å². The maximum Gasteiger partial charge on any atom is 0.315 e. The van der Waals surface area contributed by atoms with E-state index in [1.807, 2.05) is 37.3 Å². The van der Waals surface area contributed by atoms with Crippen LogP contribution in [-0.2, 0) is 9.53 Å². The van der Waals surface area contributed by atoms with Crippen LogP contribution in [0.3, 0.4) is 0 Å². The fourth-order valence-corrected chi connectivity index (χ4v) is 2.10. The normalized spacial score (nSPS) is 18.7. The number of hydrogen-bond acceptors (Lipinski definition) is 3. The van der Waals surface area contributed by atoms with Crippen LogP contribution in [0.4, 0.5) is 4.79 Å². The van der Waals surface area contributed by atoms with Gasteiger partial charge in [-0.25, -0.2) is 4.79 Å². The van der Waals surface area contributed by atoms with E-state index in [1.165, 1.54) is 0 Å². The summed E-state index contributed by atoms with van der Waals surface area (Å²) >= 11 is 0. The topological polar surface area (TPSA) is 79.5 Å². The smallest absolute Gasteiger partial charge is 0.315 e. The first kappa shape index (κ1) is 15.3. The lowest BCUT2D eigenvalue weighted by atomic mass is 10.1. The zero-order valence-corrected chi connectivity index (χ0v) is 12.1. The van der Waals surface area contributed by atoms with Gasteiger partial charge in [0.15, 0.2) is 0 Å². The Labute approximate surface area is 124 Å². The standard InChI is InChI=1S/C15H21N3O3/c1-11(12-6-3-2-4-7-12)21-9-5-8-16-14(19)13-10-17-15(20)18-13/h2-4,6-7,11,13H,5,8-10H2,1H3,(H,16,19)(H2,17,18,20)/t11-,13-/m0/s1. The van der Waals surface area contributed by atoms with E-state index in [2.05, 4.69) is 16.0 Å². The van der Waals surface area contributed by atoms with Gasteiger partial charge in [0.25, 0.3) is 0 Å². The second-order valence-corrected chi connectivity index (χ2v) is 4.98. The lowest BCUT2D eigenvalue weighted by Gasteiger charge is -2.14. The van der Waals surface area contributed by atoms with Crippen LogP contribution >= 0.6 is 0 Å². The molecule has 1 aliphatic heterocycles. The predicted octanol–water partition coefficient (Wildman–Crippen LogP) is 0.952. The molecule has 0 bridgehead atoms. The van der Waals surface area contributed by atoms with Gasteiger partial charge in [-0.15, -0.1) is 0 Å². The number of rotatable bonds is 7. The summed E-state index contributed by atoms with van der Waals surface area (Å²) in [5.74, 6) is -0.163. The van der Waals surface area contributed by atoms with Gasteiger partial charge in [-0.3, -0.25) is 4.79 Å². The van der Waals surface area contributed by atoms with Crippen molar-refractivity contribution in [3.63, 3.8) is 0 Å². The zero-order chi connectivity index (χ0) is 15.1. The molecular weight excluding hydrogens is 270 g/mol. The first-order valence-corrected chi connectivity index (χ1v) is 7.15. The average molecular weight is 291 g/mol. The van der Waals surface area contributed by atoms with Gasteiger partial charge in [-0.05, 0) is 18.9 Å². The highest BCUT2D eigenvalue weighted by molar-refractivity contribution is 5.90. The highest BCUT2D eigenvalue weighted by Gasteiger charge is 2.26. The Bertz CT molecular complexity index is 478. The third-order valence-electron chi connectivity index (χ3n) is 3.35. The molecule has 3 amide bonds. The minimum absolute atomic E-state index is 0.0419. The molecule has 6 heteroatoms. The van der Waals surface area contributed by atoms with Gasteiger partial charge in [0, 0.05) is 19.7 Å². The summed E-state index contributed by atoms with van der Waals surface area (Å²) in [5.41, 5.74) is 1.14. The Hall–Kier alpha value is -2.08. The summed E-state index contributed by atoms with van der Waals surface area (Å²) in [6.45, 7) is 3.46. The van der Waals surface area contributed by atoms with Crippen LogP contribution in [0.15, 0.2) is 30.3 Å². The van der Waals surface area contributed by atoms with Gasteiger partial charge in [0.2, 0.25) is 5.91 Å². The second kappa shape index (κ2) is 7.64. The molecule has 1 aliphatic rings. The van der Waals surface area contributed by atoms with Crippen LogP contribution in [0.25, 0.3) is 0 Å². The third-order valence-corrected chi connectivity index (χ3v) is 3.35. The van der Waals surface area contributed by atoms with E-state index in [4.69, 9.17) is 4.74 Å². The van der Waals surface area contributed by atoms with E-state index >= 15 is 0 Å². The number of amides is 3. The summed E-state index contributed by atoms with van der Waals surface area (Å²) in [4.78, 5) is 22.6. The van der Waals surface area contributed by atoms with Crippen molar-refractivity contribution in [3.8, 4) is 0 Å². The van der Waals surface area contributed by atoms with E-state index in [9.17, 15) is 9.59 Å². The number of ether oxygens (including phenoxy) is 1. The largest absolute Gasteiger partial charge is 0.374 e. The predicted molar refractivity (Wildman–Crippen MR) is 78.8 cm³/mol. The fraction of sp³-hybridized carbons (Fsp3) is 0.467. The van der Waals surface area contributed by atoms with E-state index in [0.29, 0.717) is 19.7 Å². The first-order chi connectivity index (χ1) is 10.2. The Morgan fingerprint density at radius 1 is 1.43 bits per heavy atom. The van der Waals surface area contributed by atoms with E-state index < -0.39 is 6.04 Å². The Morgan fingerprint density at radius 3 is 2.86 bits per heavy atom. The van der Waals surface area contributed by atoms with Crippen LogP contribution in [-0.4, -0.2) is 37.7 Å². The molecule has 1 saturated heterocycles. The molecule has 0 unspecified atom stereocenters. The molecule has 2 rings (SSSR count). The van der Waals surface area contributed by atoms with Gasteiger partial charge in [0.1, 0.15) is 6.04 Å². The van der Waals surface area contributed by atoms with Gasteiger partial charge in [-0.1, -0.05) is 30.3 Å². The van der Waals surface area contributed by atoms with E-state index in [1.54, 1.807) is 0 Å². The summed E-state index contributed by atoms with van der Waals surface area (Å²) in [6, 6.07) is 9.24. The maximum atomic E-state index is 11.7. The summed E-state index contributed by atoms with van der Waals surface area (Å²) in [7, 11) is 0. The molecule has 0 radical (unpaired) electrons. The maximum absolute atomic E-state index is 11.7. The zero-order valence-electron chi connectivity index (χ0n) is 12.1. The molecule has 3 N–H and O–H groups in total. The lowest BCUT2D eigenvalue weighted by Crippen LogP contribution is -2.43. The molecule has 6 nitrogen and oxygen atoms in total. The summed E-state index contributed by atoms with van der Waals surface area (Å²) in [6.07, 6.45) is 0.775. The number of hydrogen-bond donors (Lipinski definition) is 3. The van der Waals surface area contributed by atoms with Crippen LogP contribution in [0.1, 0.15) is 25.0 Å². The Morgan fingerprint density at radius 2 is 2.19 bits per heavy atom. The van der Waals surface area contributed by atoms with E-state index in [-0.39, 0.29) is 18.0 Å². The monoisotopic (exact) mass is 291 g/mol. The van der Waals surface area contributed by atoms with Crippen molar-refractivity contribution in [3.05, 3.63) is 35.9 Å². The van der Waals surface area contributed by atoms with Gasteiger partial charge in [0.05, 0.1) is 6.10 Å². The molecule has 1 aromatic carbocycles. The van der Waals surface area contributed by atoms with Crippen molar-refractivity contribution in [1.82, 2.24) is 16.0 Å². The summed E-state index contributed by atoms with van der Waals surface area (Å²) in [5, 5.41) is 7.88. The molecule has 114 valence electrons. The van der Waals surface area contributed by atoms with Crippen molar-refractivity contribution in [1.29, 1.82) is 0 Å². The molecule has 0 aliphatic carbocycles. The Balaban J connectivity index is 1.58. The van der Waals surface area contributed by atoms with Crippen molar-refractivity contribution >= 4 is 11.9 Å². The molecule has 2 atom stereocenters. The van der Waals surface area contributed by atoms with E-state index in [0.717, 1.165) is 12.0 Å². The first-order valence-electron chi connectivity index (χ1n) is 7.15. The van der Waals surface area contributed by atoms with Crippen LogP contribution in [0.5, 0.6) is 0 Å². The Kier molecular flexibility index (Phi) is 5.57. The second-order valence-electron chi connectivity index (χ2n) is 4.98. The van der Waals surface area contributed by atoms with Crippen molar-refractivity contribution in [2.75, 3.05) is 19.7 Å². The molecule has 1 fully saturated rings. The lowest BCUT2D eigenvalue weighted by molar-refractivity contribution is -0.122. The fourth-order valence-electron chi connectivity index (χ4n) is 2.10. The molecule has 1 heterocycles. The number of carbonyl (C=O) groups excluding carboxylic acids is 2. The highest BCUT2D eigenvalue weighted by atomic mass is 16.5. The van der Waals surface area contributed by atoms with Gasteiger partial charge in [-0.2, -0.15) is 0 Å². The number of benzene rings is 1. The SMILES string of the molecule is C[C@H](OCCCNC(=O)[C@@H]1CNC(=O)N1)c1ccccc1. The average Bonchev–Trinajstić information content (AvgIpc) is 2.94. The van der Waals surface area contributed by atoms with Crippen molar-refractivity contribution in [2.45, 2.75) is 25.5 Å². The quantitative estimate of drug-likeness (QED) is 0.654. The third kappa shape index (κ3) is 4.75. The number of carbonyl (C=O) groups is 2. The van der Waals surface area contributed by atoms with Crippen molar-refractivity contribution < 1.29 is 14.3 Å². The molecule has 0 spiro atoms. The van der Waals surface area contributed by atoms with Crippen molar-refractivity contribution in [2.24, 2.45) is 0 Å². The highest BCUT2D eigenvalue weighted by Crippen LogP contribution is 2.15. The number of nitrogens with one attached hydrogen (secondary N) is 3. The van der Waals surface area contributed by atoms with Gasteiger partial charge < -0.3 is 20.7 Å². The molecule has 0 aromatic heterocycles. The molecular formula is C15H21N3O3.